The summed E-state index contributed by atoms with van der Waals surface area (Å²) in [4.78, 5) is 12.0. The zero-order valence-electron chi connectivity index (χ0n) is 12.1. The molecule has 0 saturated heterocycles. The van der Waals surface area contributed by atoms with E-state index in [1.54, 1.807) is 0 Å². The van der Waals surface area contributed by atoms with E-state index in [1.165, 1.54) is 23.1 Å². The highest BCUT2D eigenvalue weighted by Gasteiger charge is 2.43. The van der Waals surface area contributed by atoms with Crippen molar-refractivity contribution >= 4 is 5.78 Å². The molecule has 0 saturated carbocycles. The Morgan fingerprint density at radius 2 is 1.61 bits per heavy atom. The summed E-state index contributed by atoms with van der Waals surface area (Å²) in [5.74, 6) is 0.734. The summed E-state index contributed by atoms with van der Waals surface area (Å²) in [6, 6.07) is 4.53. The van der Waals surface area contributed by atoms with Crippen LogP contribution in [0.2, 0.25) is 0 Å². The fourth-order valence-corrected chi connectivity index (χ4v) is 4.18. The van der Waals surface area contributed by atoms with E-state index in [0.29, 0.717) is 18.1 Å². The first-order chi connectivity index (χ1) is 8.22. The summed E-state index contributed by atoms with van der Waals surface area (Å²) in [5, 5.41) is 0. The van der Waals surface area contributed by atoms with Gasteiger partial charge in [0.25, 0.3) is 0 Å². The van der Waals surface area contributed by atoms with E-state index in [4.69, 9.17) is 0 Å². The maximum atomic E-state index is 12.0. The van der Waals surface area contributed by atoms with Gasteiger partial charge >= 0.3 is 0 Å². The van der Waals surface area contributed by atoms with Crippen molar-refractivity contribution in [2.24, 2.45) is 0 Å². The molecule has 0 bridgehead atoms. The maximum Gasteiger partial charge on any atom is 0.163 e. The summed E-state index contributed by atoms with van der Waals surface area (Å²) >= 11 is 0. The van der Waals surface area contributed by atoms with Crippen LogP contribution in [0.4, 0.5) is 0 Å². The van der Waals surface area contributed by atoms with Crippen LogP contribution in [-0.4, -0.2) is 5.78 Å². The van der Waals surface area contributed by atoms with Gasteiger partial charge in [-0.25, -0.2) is 0 Å². The lowest BCUT2D eigenvalue weighted by atomic mass is 9.82. The number of hydrogen-bond donors (Lipinski definition) is 0. The molecule has 0 aromatic heterocycles. The van der Waals surface area contributed by atoms with Crippen LogP contribution in [0.3, 0.4) is 0 Å². The van der Waals surface area contributed by atoms with Crippen molar-refractivity contribution in [2.75, 3.05) is 0 Å². The highest BCUT2D eigenvalue weighted by molar-refractivity contribution is 6.01. The maximum absolute atomic E-state index is 12.0. The van der Waals surface area contributed by atoms with Crippen molar-refractivity contribution in [1.29, 1.82) is 0 Å². The van der Waals surface area contributed by atoms with Gasteiger partial charge in [0.1, 0.15) is 0 Å². The quantitative estimate of drug-likeness (QED) is 0.661. The summed E-state index contributed by atoms with van der Waals surface area (Å²) in [6.07, 6.45) is 1.86. The van der Waals surface area contributed by atoms with Gasteiger partial charge in [-0.05, 0) is 45.9 Å². The Hall–Kier alpha value is -1.11. The predicted molar refractivity (Wildman–Crippen MR) is 74.5 cm³/mol. The molecule has 0 heterocycles. The van der Waals surface area contributed by atoms with Crippen LogP contribution < -0.4 is 0 Å². The lowest BCUT2D eigenvalue weighted by molar-refractivity contribution is 0.0990. The van der Waals surface area contributed by atoms with E-state index in [-0.39, 0.29) is 10.8 Å². The molecule has 0 spiro atoms. The van der Waals surface area contributed by atoms with Gasteiger partial charge in [-0.2, -0.15) is 0 Å². The fraction of sp³-hybridized carbons (Fsp3) is 0.588. The third-order valence-corrected chi connectivity index (χ3v) is 4.85. The van der Waals surface area contributed by atoms with E-state index >= 15 is 0 Å². The van der Waals surface area contributed by atoms with E-state index < -0.39 is 0 Å². The van der Waals surface area contributed by atoms with Crippen LogP contribution in [0.25, 0.3) is 0 Å². The minimum Gasteiger partial charge on any atom is -0.294 e. The number of benzene rings is 1. The Morgan fingerprint density at radius 1 is 1.06 bits per heavy atom. The third-order valence-electron chi connectivity index (χ3n) is 4.85. The second kappa shape index (κ2) is 3.26. The Morgan fingerprint density at radius 3 is 2.22 bits per heavy atom. The van der Waals surface area contributed by atoms with Crippen molar-refractivity contribution in [3.05, 3.63) is 34.4 Å². The van der Waals surface area contributed by atoms with Gasteiger partial charge in [0.2, 0.25) is 0 Å². The normalized spacial score (nSPS) is 27.2. The van der Waals surface area contributed by atoms with E-state index in [9.17, 15) is 4.79 Å². The summed E-state index contributed by atoms with van der Waals surface area (Å²) in [6.45, 7) is 11.4. The average Bonchev–Trinajstić information content (AvgIpc) is 2.60. The molecule has 1 nitrogen and oxygen atoms in total. The van der Waals surface area contributed by atoms with Gasteiger partial charge in [-0.15, -0.1) is 0 Å². The van der Waals surface area contributed by atoms with Gasteiger partial charge in [0, 0.05) is 12.0 Å². The van der Waals surface area contributed by atoms with Crippen molar-refractivity contribution in [3.8, 4) is 0 Å². The first kappa shape index (κ1) is 12.0. The minimum absolute atomic E-state index is 0.194. The lowest BCUT2D eigenvalue weighted by Crippen LogP contribution is -2.18. The molecule has 0 radical (unpaired) electrons. The molecule has 2 aliphatic carbocycles. The predicted octanol–water partition coefficient (Wildman–Crippen LogP) is 4.34. The molecule has 1 unspecified atom stereocenters. The molecular weight excluding hydrogens is 220 g/mol. The van der Waals surface area contributed by atoms with Gasteiger partial charge in [-0.3, -0.25) is 4.79 Å². The Labute approximate surface area is 110 Å². The second-order valence-electron chi connectivity index (χ2n) is 7.46. The number of ketones is 1. The van der Waals surface area contributed by atoms with Crippen molar-refractivity contribution in [2.45, 2.75) is 64.2 Å². The fourth-order valence-electron chi connectivity index (χ4n) is 4.18. The van der Waals surface area contributed by atoms with Gasteiger partial charge in [0.05, 0.1) is 0 Å². The largest absolute Gasteiger partial charge is 0.294 e. The van der Waals surface area contributed by atoms with Crippen LogP contribution >= 0.6 is 0 Å². The standard InChI is InChI=1S/C17H22O/c1-10-6-15(18)12-8-14-13(7-11(10)12)16(2,3)9-17(14,4)5/h7-8,10H,6,9H2,1-5H3. The van der Waals surface area contributed by atoms with Crippen LogP contribution in [-0.2, 0) is 10.8 Å². The van der Waals surface area contributed by atoms with Crippen molar-refractivity contribution in [1.82, 2.24) is 0 Å². The summed E-state index contributed by atoms with van der Waals surface area (Å²) in [5.41, 5.74) is 5.57. The molecule has 1 aromatic carbocycles. The van der Waals surface area contributed by atoms with E-state index in [0.717, 1.165) is 5.56 Å². The van der Waals surface area contributed by atoms with Gasteiger partial charge in [0.15, 0.2) is 5.78 Å². The number of fused-ring (bicyclic) bond motifs is 2. The highest BCUT2D eigenvalue weighted by atomic mass is 16.1. The third kappa shape index (κ3) is 1.43. The monoisotopic (exact) mass is 242 g/mol. The van der Waals surface area contributed by atoms with E-state index in [1.807, 2.05) is 0 Å². The zero-order valence-corrected chi connectivity index (χ0v) is 12.1. The zero-order chi connectivity index (χ0) is 13.3. The van der Waals surface area contributed by atoms with Crippen LogP contribution in [0.15, 0.2) is 12.1 Å². The van der Waals surface area contributed by atoms with Crippen LogP contribution in [0, 0.1) is 0 Å². The molecule has 0 N–H and O–H groups in total. The Bertz CT molecular complexity index is 549. The SMILES string of the molecule is CC1CC(=O)c2cc3c(cc21)C(C)(C)CC3(C)C. The summed E-state index contributed by atoms with van der Waals surface area (Å²) in [7, 11) is 0. The molecule has 0 amide bonds. The molecular formula is C17H22O. The molecule has 1 atom stereocenters. The molecule has 18 heavy (non-hydrogen) atoms. The molecule has 0 fully saturated rings. The number of Topliss-reactive ketones (excluding diaryl/α,β-unsaturated/α-hetero) is 1. The lowest BCUT2D eigenvalue weighted by Gasteiger charge is -2.22. The first-order valence-corrected chi connectivity index (χ1v) is 6.94. The van der Waals surface area contributed by atoms with Crippen molar-refractivity contribution in [3.63, 3.8) is 0 Å². The van der Waals surface area contributed by atoms with Crippen LogP contribution in [0.1, 0.15) is 80.4 Å². The number of hydrogen-bond acceptors (Lipinski definition) is 1. The smallest absolute Gasteiger partial charge is 0.163 e. The Balaban J connectivity index is 2.28. The first-order valence-electron chi connectivity index (χ1n) is 6.94. The summed E-state index contributed by atoms with van der Waals surface area (Å²) < 4.78 is 0. The Kier molecular flexibility index (Phi) is 2.16. The minimum atomic E-state index is 0.194. The highest BCUT2D eigenvalue weighted by Crippen LogP contribution is 2.51. The molecule has 0 aliphatic heterocycles. The van der Waals surface area contributed by atoms with Crippen LogP contribution in [0.5, 0.6) is 0 Å². The average molecular weight is 242 g/mol. The number of carbonyl (C=O) groups is 1. The van der Waals surface area contributed by atoms with E-state index in [2.05, 4.69) is 46.8 Å². The molecule has 1 heteroatoms. The number of carbonyl (C=O) groups excluding carboxylic acids is 1. The second-order valence-corrected chi connectivity index (χ2v) is 7.46. The molecule has 1 aromatic rings. The molecule has 2 aliphatic rings. The van der Waals surface area contributed by atoms with Crippen molar-refractivity contribution < 1.29 is 4.79 Å². The van der Waals surface area contributed by atoms with Gasteiger partial charge in [-0.1, -0.05) is 40.7 Å². The topological polar surface area (TPSA) is 17.1 Å². The van der Waals surface area contributed by atoms with Gasteiger partial charge < -0.3 is 0 Å². The molecule has 3 rings (SSSR count). The number of rotatable bonds is 0. The molecule has 96 valence electrons.